The molecule has 0 radical (unpaired) electrons. The second-order valence-electron chi connectivity index (χ2n) is 10.2. The first kappa shape index (κ1) is 24.4. The highest BCUT2D eigenvalue weighted by atomic mass is 16.1. The fourth-order valence-corrected chi connectivity index (χ4v) is 5.67. The Kier molecular flexibility index (Phi) is 6.80. The van der Waals surface area contributed by atoms with Crippen molar-refractivity contribution in [3.8, 4) is 6.07 Å². The first-order valence-electron chi connectivity index (χ1n) is 13.3. The lowest BCUT2D eigenvalue weighted by molar-refractivity contribution is 0.0886. The maximum absolute atomic E-state index is 12.8. The Labute approximate surface area is 212 Å². The number of aryl methyl sites for hydroxylation is 1. The summed E-state index contributed by atoms with van der Waals surface area (Å²) in [6, 6.07) is 9.27. The van der Waals surface area contributed by atoms with Gasteiger partial charge in [0.25, 0.3) is 0 Å². The normalized spacial score (nSPS) is 21.6. The lowest BCUT2D eigenvalue weighted by Crippen LogP contribution is -2.59. The van der Waals surface area contributed by atoms with Crippen molar-refractivity contribution < 1.29 is 0 Å². The molecule has 2 aliphatic rings. The number of anilines is 1. The van der Waals surface area contributed by atoms with Crippen LogP contribution in [0.2, 0.25) is 0 Å². The largest absolute Gasteiger partial charge is 0.352 e. The zero-order chi connectivity index (χ0) is 25.4. The van der Waals surface area contributed by atoms with Crippen LogP contribution in [0.4, 0.5) is 5.95 Å². The smallest absolute Gasteiger partial charge is 0.335 e. The quantitative estimate of drug-likeness (QED) is 0.478. The van der Waals surface area contributed by atoms with Crippen molar-refractivity contribution in [3.05, 3.63) is 51.8 Å². The molecule has 0 amide bonds. The molecule has 5 rings (SSSR count). The molecule has 4 heterocycles. The van der Waals surface area contributed by atoms with E-state index in [1.54, 1.807) is 11.6 Å². The third-order valence-corrected chi connectivity index (χ3v) is 7.93. The van der Waals surface area contributed by atoms with E-state index < -0.39 is 0 Å². The second kappa shape index (κ2) is 10.0. The van der Waals surface area contributed by atoms with Gasteiger partial charge in [-0.05, 0) is 43.7 Å². The minimum atomic E-state index is -0.306. The molecule has 36 heavy (non-hydrogen) atoms. The average molecular weight is 489 g/mol. The lowest BCUT2D eigenvalue weighted by atomic mass is 9.95. The van der Waals surface area contributed by atoms with Crippen molar-refractivity contribution in [1.82, 2.24) is 29.0 Å². The van der Waals surface area contributed by atoms with Crippen LogP contribution < -0.4 is 10.6 Å². The topological polar surface area (TPSA) is 95.4 Å². The number of hydrogen-bond acceptors (Lipinski definition) is 7. The van der Waals surface area contributed by atoms with Gasteiger partial charge < -0.3 is 4.90 Å². The lowest BCUT2D eigenvalue weighted by Gasteiger charge is -2.49. The highest BCUT2D eigenvalue weighted by molar-refractivity contribution is 5.48. The predicted molar refractivity (Wildman–Crippen MR) is 139 cm³/mol. The maximum atomic E-state index is 12.8. The molecule has 3 aromatic heterocycles. The summed E-state index contributed by atoms with van der Waals surface area (Å²) in [7, 11) is 1.70. The Morgan fingerprint density at radius 2 is 1.92 bits per heavy atom. The predicted octanol–water partition coefficient (Wildman–Crippen LogP) is 3.60. The van der Waals surface area contributed by atoms with Crippen LogP contribution in [0, 0.1) is 11.3 Å². The number of fused-ring (bicyclic) bond motifs is 1. The van der Waals surface area contributed by atoms with E-state index in [-0.39, 0.29) is 18.2 Å². The van der Waals surface area contributed by atoms with Crippen LogP contribution in [0.15, 0.2) is 29.2 Å². The van der Waals surface area contributed by atoms with Gasteiger partial charge in [-0.2, -0.15) is 19.9 Å². The molecule has 3 aromatic rings. The SMILES string of the molecule is CC[C@H]1CN([C@H](CC)c2ccc(C3CC3)nc2)[C@H](CC)CN1c1nc(=O)n(C)c2cc(CC#N)nn12. The summed E-state index contributed by atoms with van der Waals surface area (Å²) in [5.74, 6) is 1.24. The van der Waals surface area contributed by atoms with Crippen LogP contribution >= 0.6 is 0 Å². The monoisotopic (exact) mass is 488 g/mol. The van der Waals surface area contributed by atoms with Gasteiger partial charge in [-0.3, -0.25) is 14.5 Å². The maximum Gasteiger partial charge on any atom is 0.352 e. The van der Waals surface area contributed by atoms with Gasteiger partial charge in [0.1, 0.15) is 5.65 Å². The number of aromatic nitrogens is 5. The molecule has 190 valence electrons. The molecule has 1 aliphatic carbocycles. The molecule has 0 unspecified atom stereocenters. The summed E-state index contributed by atoms with van der Waals surface area (Å²) >= 11 is 0. The number of pyridine rings is 1. The fraction of sp³-hybridized carbons (Fsp3) is 0.593. The molecule has 9 heteroatoms. The van der Waals surface area contributed by atoms with E-state index in [0.29, 0.717) is 35.3 Å². The molecule has 1 saturated heterocycles. The number of piperazine rings is 1. The van der Waals surface area contributed by atoms with Gasteiger partial charge in [0.15, 0.2) is 0 Å². The number of nitriles is 1. The van der Waals surface area contributed by atoms with Crippen molar-refractivity contribution in [2.75, 3.05) is 18.0 Å². The molecule has 2 fully saturated rings. The Morgan fingerprint density at radius 1 is 1.14 bits per heavy atom. The summed E-state index contributed by atoms with van der Waals surface area (Å²) < 4.78 is 3.24. The van der Waals surface area contributed by atoms with Crippen molar-refractivity contribution in [2.24, 2.45) is 7.05 Å². The van der Waals surface area contributed by atoms with E-state index in [0.717, 1.165) is 32.4 Å². The van der Waals surface area contributed by atoms with Crippen LogP contribution in [0.25, 0.3) is 5.65 Å². The molecular weight excluding hydrogens is 452 g/mol. The summed E-state index contributed by atoms with van der Waals surface area (Å²) in [6.45, 7) is 8.32. The molecule has 1 aliphatic heterocycles. The average Bonchev–Trinajstić information content (AvgIpc) is 3.66. The van der Waals surface area contributed by atoms with Crippen LogP contribution in [0.1, 0.15) is 81.8 Å². The van der Waals surface area contributed by atoms with Crippen LogP contribution in [-0.4, -0.2) is 54.2 Å². The van der Waals surface area contributed by atoms with Gasteiger partial charge in [0.2, 0.25) is 5.95 Å². The van der Waals surface area contributed by atoms with E-state index in [1.165, 1.54) is 28.7 Å². The van der Waals surface area contributed by atoms with E-state index in [9.17, 15) is 10.1 Å². The van der Waals surface area contributed by atoms with Crippen LogP contribution in [0.3, 0.4) is 0 Å². The Balaban J connectivity index is 1.48. The van der Waals surface area contributed by atoms with Crippen molar-refractivity contribution >= 4 is 11.6 Å². The van der Waals surface area contributed by atoms with Crippen LogP contribution in [0.5, 0.6) is 0 Å². The van der Waals surface area contributed by atoms with Crippen LogP contribution in [-0.2, 0) is 13.5 Å². The third kappa shape index (κ3) is 4.39. The van der Waals surface area contributed by atoms with Gasteiger partial charge in [-0.15, -0.1) is 0 Å². The Morgan fingerprint density at radius 3 is 2.53 bits per heavy atom. The molecule has 1 saturated carbocycles. The number of hydrogen-bond donors (Lipinski definition) is 0. The molecule has 9 nitrogen and oxygen atoms in total. The van der Waals surface area contributed by atoms with Gasteiger partial charge in [0, 0.05) is 62.1 Å². The molecule has 0 aromatic carbocycles. The Hall–Kier alpha value is -3.25. The summed E-state index contributed by atoms with van der Waals surface area (Å²) in [5, 5.41) is 13.8. The molecule has 3 atom stereocenters. The molecule has 0 N–H and O–H groups in total. The van der Waals surface area contributed by atoms with Crippen molar-refractivity contribution in [3.63, 3.8) is 0 Å². The third-order valence-electron chi connectivity index (χ3n) is 7.93. The van der Waals surface area contributed by atoms with Gasteiger partial charge in [-0.25, -0.2) is 4.79 Å². The van der Waals surface area contributed by atoms with E-state index in [1.807, 2.05) is 6.07 Å². The zero-order valence-electron chi connectivity index (χ0n) is 21.8. The highest BCUT2D eigenvalue weighted by Crippen LogP contribution is 2.39. The van der Waals surface area contributed by atoms with Gasteiger partial charge in [0.05, 0.1) is 18.2 Å². The van der Waals surface area contributed by atoms with E-state index in [2.05, 4.69) is 65.1 Å². The number of nitrogens with zero attached hydrogens (tertiary/aromatic N) is 8. The summed E-state index contributed by atoms with van der Waals surface area (Å²) in [5.41, 5.74) is 3.51. The zero-order valence-corrected chi connectivity index (χ0v) is 21.8. The highest BCUT2D eigenvalue weighted by Gasteiger charge is 2.38. The van der Waals surface area contributed by atoms with Gasteiger partial charge >= 0.3 is 5.69 Å². The first-order valence-corrected chi connectivity index (χ1v) is 13.3. The summed E-state index contributed by atoms with van der Waals surface area (Å²) in [6.07, 6.45) is 7.75. The second-order valence-corrected chi connectivity index (χ2v) is 10.2. The minimum Gasteiger partial charge on any atom is -0.335 e. The first-order chi connectivity index (χ1) is 17.5. The standard InChI is InChI=1S/C27H36N8O/c1-5-21-17-34(26-30-27(36)32(4)25-14-20(12-13-28)31-35(25)26)22(6-2)16-33(21)24(7-3)19-10-11-23(29-15-19)18-8-9-18/h10-11,14-15,18,21-22,24H,5-9,12,16-17H2,1-4H3/t21-,22+,24-/m1/s1. The Bertz CT molecular complexity index is 1320. The van der Waals surface area contributed by atoms with Crippen molar-refractivity contribution in [2.45, 2.75) is 83.3 Å². The summed E-state index contributed by atoms with van der Waals surface area (Å²) in [4.78, 5) is 27.0. The van der Waals surface area contributed by atoms with Gasteiger partial charge in [-0.1, -0.05) is 26.8 Å². The van der Waals surface area contributed by atoms with Crippen molar-refractivity contribution in [1.29, 1.82) is 5.26 Å². The molecule has 0 bridgehead atoms. The molecule has 0 spiro atoms. The number of rotatable bonds is 8. The fourth-order valence-electron chi connectivity index (χ4n) is 5.67. The van der Waals surface area contributed by atoms with E-state index in [4.69, 9.17) is 4.98 Å². The van der Waals surface area contributed by atoms with E-state index >= 15 is 0 Å². The molecular formula is C27H36N8O. The minimum absolute atomic E-state index is 0.187.